The summed E-state index contributed by atoms with van der Waals surface area (Å²) >= 11 is 0. The van der Waals surface area contributed by atoms with Crippen molar-refractivity contribution in [2.45, 2.75) is 63.6 Å². The molecule has 0 radical (unpaired) electrons. The van der Waals surface area contributed by atoms with Gasteiger partial charge in [-0.2, -0.15) is 0 Å². The van der Waals surface area contributed by atoms with Crippen LogP contribution in [0.25, 0.3) is 0 Å². The molecule has 1 saturated carbocycles. The molecular weight excluding hydrogens is 286 g/mol. The fourth-order valence-corrected chi connectivity index (χ4v) is 4.46. The Morgan fingerprint density at radius 1 is 1.38 bits per heavy atom. The van der Waals surface area contributed by atoms with E-state index in [0.717, 1.165) is 25.0 Å². The van der Waals surface area contributed by atoms with Gasteiger partial charge in [0.05, 0.1) is 4.90 Å². The molecule has 21 heavy (non-hydrogen) atoms. The Balaban J connectivity index is 2.25. The zero-order valence-electron chi connectivity index (χ0n) is 13.4. The van der Waals surface area contributed by atoms with Gasteiger partial charge in [0.15, 0.2) is 0 Å². The van der Waals surface area contributed by atoms with E-state index in [2.05, 4.69) is 30.8 Å². The van der Waals surface area contributed by atoms with Gasteiger partial charge in [0.1, 0.15) is 0 Å². The van der Waals surface area contributed by atoms with Crippen LogP contribution in [-0.4, -0.2) is 26.1 Å². The SMILES string of the molecule is CNCc1cc(S(=O)(=O)NC2CCCC2C)cn1C(C)C. The fourth-order valence-electron chi connectivity index (χ4n) is 3.03. The van der Waals surface area contributed by atoms with E-state index in [1.54, 1.807) is 12.3 Å². The number of nitrogens with zero attached hydrogens (tertiary/aromatic N) is 1. The van der Waals surface area contributed by atoms with E-state index in [0.29, 0.717) is 17.4 Å². The van der Waals surface area contributed by atoms with Crippen molar-refractivity contribution in [1.82, 2.24) is 14.6 Å². The molecule has 0 spiro atoms. The summed E-state index contributed by atoms with van der Waals surface area (Å²) in [6, 6.07) is 2.09. The maximum absolute atomic E-state index is 12.6. The third-order valence-corrected chi connectivity index (χ3v) is 5.76. The zero-order valence-corrected chi connectivity index (χ0v) is 14.2. The van der Waals surface area contributed by atoms with Gasteiger partial charge in [-0.25, -0.2) is 13.1 Å². The molecular formula is C15H27N3O2S. The van der Waals surface area contributed by atoms with Crippen molar-refractivity contribution in [2.24, 2.45) is 5.92 Å². The Morgan fingerprint density at radius 2 is 2.10 bits per heavy atom. The van der Waals surface area contributed by atoms with Crippen molar-refractivity contribution >= 4 is 10.0 Å². The molecule has 2 unspecified atom stereocenters. The molecule has 1 fully saturated rings. The molecule has 6 heteroatoms. The Bertz CT molecular complexity index is 578. The maximum atomic E-state index is 12.6. The van der Waals surface area contributed by atoms with Crippen LogP contribution >= 0.6 is 0 Å². The summed E-state index contributed by atoms with van der Waals surface area (Å²) in [5.74, 6) is 0.420. The minimum Gasteiger partial charge on any atom is -0.346 e. The molecule has 1 aromatic rings. The minimum atomic E-state index is -3.43. The van der Waals surface area contributed by atoms with Crippen molar-refractivity contribution < 1.29 is 8.42 Å². The molecule has 1 aromatic heterocycles. The molecule has 1 aliphatic rings. The molecule has 0 bridgehead atoms. The highest BCUT2D eigenvalue weighted by atomic mass is 32.2. The van der Waals surface area contributed by atoms with Crippen molar-refractivity contribution in [2.75, 3.05) is 7.05 Å². The summed E-state index contributed by atoms with van der Waals surface area (Å²) in [5.41, 5.74) is 0.993. The van der Waals surface area contributed by atoms with Crippen molar-refractivity contribution in [3.63, 3.8) is 0 Å². The predicted octanol–water partition coefficient (Wildman–Crippen LogP) is 2.26. The first-order valence-electron chi connectivity index (χ1n) is 7.73. The van der Waals surface area contributed by atoms with Crippen LogP contribution in [0.2, 0.25) is 0 Å². The lowest BCUT2D eigenvalue weighted by molar-refractivity contribution is 0.476. The molecule has 2 rings (SSSR count). The quantitative estimate of drug-likeness (QED) is 0.847. The highest BCUT2D eigenvalue weighted by molar-refractivity contribution is 7.89. The van der Waals surface area contributed by atoms with E-state index in [9.17, 15) is 8.42 Å². The smallest absolute Gasteiger partial charge is 0.242 e. The van der Waals surface area contributed by atoms with Crippen molar-refractivity contribution in [1.29, 1.82) is 0 Å². The Kier molecular flexibility index (Phi) is 5.11. The van der Waals surface area contributed by atoms with Crippen LogP contribution in [0.15, 0.2) is 17.2 Å². The zero-order chi connectivity index (χ0) is 15.6. The van der Waals surface area contributed by atoms with Crippen LogP contribution in [-0.2, 0) is 16.6 Å². The van der Waals surface area contributed by atoms with Crippen LogP contribution in [0.3, 0.4) is 0 Å². The molecule has 2 N–H and O–H groups in total. The van der Waals surface area contributed by atoms with Gasteiger partial charge in [0.25, 0.3) is 0 Å². The Morgan fingerprint density at radius 3 is 2.62 bits per heavy atom. The van der Waals surface area contributed by atoms with Crippen LogP contribution in [0.5, 0.6) is 0 Å². The third kappa shape index (κ3) is 3.67. The molecule has 0 aromatic carbocycles. The average Bonchev–Trinajstić information content (AvgIpc) is 2.97. The standard InChI is InChI=1S/C15H27N3O2S/c1-11(2)18-10-14(8-13(18)9-16-4)21(19,20)17-15-7-5-6-12(15)3/h8,10-12,15-17H,5-7,9H2,1-4H3. The highest BCUT2D eigenvalue weighted by Crippen LogP contribution is 2.27. The lowest BCUT2D eigenvalue weighted by atomic mass is 10.1. The number of aromatic nitrogens is 1. The lowest BCUT2D eigenvalue weighted by Crippen LogP contribution is -2.36. The van der Waals surface area contributed by atoms with Gasteiger partial charge in [0.2, 0.25) is 10.0 Å². The molecule has 0 saturated heterocycles. The summed E-state index contributed by atoms with van der Waals surface area (Å²) in [6.45, 7) is 6.89. The third-order valence-electron chi connectivity index (χ3n) is 4.30. The largest absolute Gasteiger partial charge is 0.346 e. The van der Waals surface area contributed by atoms with Gasteiger partial charge < -0.3 is 9.88 Å². The summed E-state index contributed by atoms with van der Waals surface area (Å²) in [6.07, 6.45) is 4.89. The van der Waals surface area contributed by atoms with E-state index in [-0.39, 0.29) is 12.1 Å². The van der Waals surface area contributed by atoms with Gasteiger partial charge in [-0.15, -0.1) is 0 Å². The first-order chi connectivity index (χ1) is 9.85. The summed E-state index contributed by atoms with van der Waals surface area (Å²) in [4.78, 5) is 0.376. The van der Waals surface area contributed by atoms with Gasteiger partial charge in [-0.05, 0) is 45.7 Å². The summed E-state index contributed by atoms with van der Waals surface area (Å²) in [5, 5.41) is 3.09. The molecule has 1 aliphatic carbocycles. The molecule has 1 heterocycles. The second kappa shape index (κ2) is 6.50. The number of rotatable bonds is 6. The number of sulfonamides is 1. The molecule has 120 valence electrons. The highest BCUT2D eigenvalue weighted by Gasteiger charge is 2.29. The first-order valence-corrected chi connectivity index (χ1v) is 9.21. The van der Waals surface area contributed by atoms with Crippen molar-refractivity contribution in [3.8, 4) is 0 Å². The summed E-state index contributed by atoms with van der Waals surface area (Å²) in [7, 11) is -1.56. The Hall–Kier alpha value is -0.850. The van der Waals surface area contributed by atoms with Gasteiger partial charge in [-0.3, -0.25) is 0 Å². The second-order valence-corrected chi connectivity index (χ2v) is 8.05. The van der Waals surface area contributed by atoms with Gasteiger partial charge in [-0.1, -0.05) is 13.3 Å². The number of hydrogen-bond acceptors (Lipinski definition) is 3. The molecule has 2 atom stereocenters. The second-order valence-electron chi connectivity index (χ2n) is 6.33. The van der Waals surface area contributed by atoms with E-state index < -0.39 is 10.0 Å². The van der Waals surface area contributed by atoms with E-state index in [4.69, 9.17) is 0 Å². The summed E-state index contributed by atoms with van der Waals surface area (Å²) < 4.78 is 30.1. The Labute approximate surface area is 128 Å². The molecule has 0 amide bonds. The van der Waals surface area contributed by atoms with Crippen molar-refractivity contribution in [3.05, 3.63) is 18.0 Å². The van der Waals surface area contributed by atoms with Crippen LogP contribution in [0, 0.1) is 5.92 Å². The maximum Gasteiger partial charge on any atom is 0.242 e. The van der Waals surface area contributed by atoms with Gasteiger partial charge >= 0.3 is 0 Å². The topological polar surface area (TPSA) is 63.1 Å². The lowest BCUT2D eigenvalue weighted by Gasteiger charge is -2.16. The normalized spacial score (nSPS) is 23.1. The van der Waals surface area contributed by atoms with Crippen LogP contribution in [0.4, 0.5) is 0 Å². The fraction of sp³-hybridized carbons (Fsp3) is 0.733. The van der Waals surface area contributed by atoms with Crippen LogP contribution < -0.4 is 10.0 Å². The first kappa shape index (κ1) is 16.5. The minimum absolute atomic E-state index is 0.0742. The number of hydrogen-bond donors (Lipinski definition) is 2. The van der Waals surface area contributed by atoms with E-state index in [1.807, 2.05) is 11.6 Å². The van der Waals surface area contributed by atoms with Crippen LogP contribution in [0.1, 0.15) is 51.8 Å². The monoisotopic (exact) mass is 313 g/mol. The van der Waals surface area contributed by atoms with E-state index >= 15 is 0 Å². The average molecular weight is 313 g/mol. The molecule has 5 nitrogen and oxygen atoms in total. The predicted molar refractivity (Wildman–Crippen MR) is 84.7 cm³/mol. The molecule has 0 aliphatic heterocycles. The van der Waals surface area contributed by atoms with Gasteiger partial charge in [0, 0.05) is 30.5 Å². The van der Waals surface area contributed by atoms with E-state index in [1.165, 1.54) is 0 Å². The number of nitrogens with one attached hydrogen (secondary N) is 2.